The minimum atomic E-state index is -0.0255. The Morgan fingerprint density at radius 1 is 1.33 bits per heavy atom. The highest BCUT2D eigenvalue weighted by Gasteiger charge is 2.13. The van der Waals surface area contributed by atoms with E-state index in [0.29, 0.717) is 11.6 Å². The van der Waals surface area contributed by atoms with Crippen LogP contribution in [0.2, 0.25) is 0 Å². The van der Waals surface area contributed by atoms with Crippen LogP contribution in [-0.4, -0.2) is 14.9 Å². The lowest BCUT2D eigenvalue weighted by Gasteiger charge is -2.12. The number of halogens is 1. The van der Waals surface area contributed by atoms with E-state index in [1.807, 2.05) is 22.9 Å². The van der Waals surface area contributed by atoms with Crippen LogP contribution in [-0.2, 0) is 6.61 Å². The summed E-state index contributed by atoms with van der Waals surface area (Å²) in [6, 6.07) is 8.08. The first kappa shape index (κ1) is 13.3. The molecule has 0 aliphatic heterocycles. The quantitative estimate of drug-likeness (QED) is 0.941. The molecule has 0 amide bonds. The predicted octanol–water partition coefficient (Wildman–Crippen LogP) is 3.56. The first-order valence-electron chi connectivity index (χ1n) is 5.99. The molecule has 0 saturated carbocycles. The van der Waals surface area contributed by atoms with Crippen molar-refractivity contribution in [3.8, 4) is 5.69 Å². The molecule has 96 valence electrons. The topological polar surface area (TPSA) is 38.0 Å². The third kappa shape index (κ3) is 2.49. The Labute approximate surface area is 116 Å². The average Bonchev–Trinajstić information content (AvgIpc) is 2.73. The molecule has 2 aromatic rings. The fourth-order valence-electron chi connectivity index (χ4n) is 1.98. The highest BCUT2D eigenvalue weighted by atomic mass is 79.9. The van der Waals surface area contributed by atoms with Crippen molar-refractivity contribution in [2.45, 2.75) is 33.3 Å². The molecule has 3 nitrogen and oxygen atoms in total. The Morgan fingerprint density at radius 3 is 2.61 bits per heavy atom. The lowest BCUT2D eigenvalue weighted by molar-refractivity contribution is 0.276. The minimum Gasteiger partial charge on any atom is -0.390 e. The van der Waals surface area contributed by atoms with Crippen LogP contribution in [0.15, 0.2) is 28.7 Å². The Hall–Kier alpha value is -1.13. The Bertz CT molecular complexity index is 561. The van der Waals surface area contributed by atoms with Crippen molar-refractivity contribution in [2.24, 2.45) is 0 Å². The van der Waals surface area contributed by atoms with Crippen LogP contribution in [0.3, 0.4) is 0 Å². The Morgan fingerprint density at radius 2 is 2.06 bits per heavy atom. The van der Waals surface area contributed by atoms with Crippen molar-refractivity contribution in [1.29, 1.82) is 0 Å². The van der Waals surface area contributed by atoms with Gasteiger partial charge >= 0.3 is 0 Å². The van der Waals surface area contributed by atoms with E-state index in [1.165, 1.54) is 0 Å². The summed E-state index contributed by atoms with van der Waals surface area (Å²) in [7, 11) is 0. The van der Waals surface area contributed by atoms with Crippen LogP contribution in [0.5, 0.6) is 0 Å². The van der Waals surface area contributed by atoms with Gasteiger partial charge in [-0.15, -0.1) is 0 Å². The van der Waals surface area contributed by atoms with Gasteiger partial charge in [-0.1, -0.05) is 29.8 Å². The molecule has 0 fully saturated rings. The van der Waals surface area contributed by atoms with Gasteiger partial charge in [-0.25, -0.2) is 4.68 Å². The zero-order valence-corrected chi connectivity index (χ0v) is 12.4. The Balaban J connectivity index is 2.58. The third-order valence-corrected chi connectivity index (χ3v) is 3.42. The molecule has 0 saturated heterocycles. The molecule has 1 N–H and O–H groups in total. The number of rotatable bonds is 3. The molecule has 0 aliphatic carbocycles. The summed E-state index contributed by atoms with van der Waals surface area (Å²) in [6.07, 6.45) is 0. The summed E-state index contributed by atoms with van der Waals surface area (Å²) in [4.78, 5) is 0. The molecule has 0 bridgehead atoms. The summed E-state index contributed by atoms with van der Waals surface area (Å²) in [5, 5.41) is 13.7. The van der Waals surface area contributed by atoms with Gasteiger partial charge in [-0.2, -0.15) is 5.10 Å². The van der Waals surface area contributed by atoms with Gasteiger partial charge in [0.25, 0.3) is 0 Å². The van der Waals surface area contributed by atoms with Crippen molar-refractivity contribution in [3.05, 3.63) is 45.7 Å². The molecule has 0 atom stereocenters. The second-order valence-corrected chi connectivity index (χ2v) is 5.63. The fourth-order valence-corrected chi connectivity index (χ4v) is 2.46. The van der Waals surface area contributed by atoms with Crippen LogP contribution in [0, 0.1) is 6.92 Å². The molecule has 0 unspecified atom stereocenters. The molecule has 1 aromatic heterocycles. The number of aromatic nitrogens is 2. The van der Waals surface area contributed by atoms with Gasteiger partial charge in [0, 0.05) is 10.2 Å². The van der Waals surface area contributed by atoms with Gasteiger partial charge in [0.05, 0.1) is 18.0 Å². The van der Waals surface area contributed by atoms with Gasteiger partial charge in [0.15, 0.2) is 0 Å². The van der Waals surface area contributed by atoms with E-state index >= 15 is 0 Å². The summed E-state index contributed by atoms with van der Waals surface area (Å²) < 4.78 is 2.99. The monoisotopic (exact) mass is 308 g/mol. The first-order chi connectivity index (χ1) is 8.52. The largest absolute Gasteiger partial charge is 0.390 e. The molecular weight excluding hydrogens is 292 g/mol. The van der Waals surface area contributed by atoms with Crippen molar-refractivity contribution in [3.63, 3.8) is 0 Å². The number of benzene rings is 1. The Kier molecular flexibility index (Phi) is 3.88. The van der Waals surface area contributed by atoms with E-state index in [9.17, 15) is 5.11 Å². The predicted molar refractivity (Wildman–Crippen MR) is 76.0 cm³/mol. The number of aryl methyl sites for hydroxylation is 1. The summed E-state index contributed by atoms with van der Waals surface area (Å²) in [6.45, 7) is 6.29. The average molecular weight is 309 g/mol. The van der Waals surface area contributed by atoms with Crippen LogP contribution in [0.4, 0.5) is 0 Å². The van der Waals surface area contributed by atoms with Gasteiger partial charge in [-0.05, 0) is 42.7 Å². The second-order valence-electron chi connectivity index (χ2n) is 4.72. The molecule has 1 heterocycles. The van der Waals surface area contributed by atoms with E-state index in [4.69, 9.17) is 0 Å². The van der Waals surface area contributed by atoms with Crippen LogP contribution >= 0.6 is 15.9 Å². The maximum absolute atomic E-state index is 9.23. The maximum Gasteiger partial charge on any atom is 0.0886 e. The SMILES string of the molecule is Cc1cc(Br)ccc1-n1nc(CO)cc1C(C)C. The lowest BCUT2D eigenvalue weighted by atomic mass is 10.1. The van der Waals surface area contributed by atoms with Gasteiger partial charge in [0.2, 0.25) is 0 Å². The third-order valence-electron chi connectivity index (χ3n) is 2.93. The van der Waals surface area contributed by atoms with E-state index in [-0.39, 0.29) is 6.61 Å². The van der Waals surface area contributed by atoms with Crippen molar-refractivity contribution < 1.29 is 5.11 Å². The summed E-state index contributed by atoms with van der Waals surface area (Å²) in [5.41, 5.74) is 4.03. The van der Waals surface area contributed by atoms with Gasteiger partial charge in [-0.3, -0.25) is 0 Å². The summed E-state index contributed by atoms with van der Waals surface area (Å²) >= 11 is 3.47. The molecule has 1 aromatic carbocycles. The molecule has 2 rings (SSSR count). The number of aliphatic hydroxyl groups excluding tert-OH is 1. The van der Waals surface area contributed by atoms with Crippen LogP contribution in [0.1, 0.15) is 36.7 Å². The fraction of sp³-hybridized carbons (Fsp3) is 0.357. The number of hydrogen-bond donors (Lipinski definition) is 1. The van der Waals surface area contributed by atoms with Gasteiger partial charge < -0.3 is 5.11 Å². The van der Waals surface area contributed by atoms with E-state index < -0.39 is 0 Å². The summed E-state index contributed by atoms with van der Waals surface area (Å²) in [5.74, 6) is 0.362. The standard InChI is InChI=1S/C14H17BrN2O/c1-9(2)14-7-12(8-18)16-17(14)13-5-4-11(15)6-10(13)3/h4-7,9,18H,8H2,1-3H3. The molecule has 0 aliphatic rings. The lowest BCUT2D eigenvalue weighted by Crippen LogP contribution is -2.05. The number of aliphatic hydroxyl groups is 1. The first-order valence-corrected chi connectivity index (χ1v) is 6.78. The number of nitrogens with zero attached hydrogens (tertiary/aromatic N) is 2. The molecular formula is C14H17BrN2O. The molecule has 0 radical (unpaired) electrons. The molecule has 4 heteroatoms. The van der Waals surface area contributed by atoms with E-state index in [2.05, 4.69) is 47.9 Å². The van der Waals surface area contributed by atoms with Crippen LogP contribution < -0.4 is 0 Å². The van der Waals surface area contributed by atoms with Gasteiger partial charge in [0.1, 0.15) is 0 Å². The zero-order valence-electron chi connectivity index (χ0n) is 10.8. The second kappa shape index (κ2) is 5.24. The smallest absolute Gasteiger partial charge is 0.0886 e. The zero-order chi connectivity index (χ0) is 13.3. The van der Waals surface area contributed by atoms with Crippen molar-refractivity contribution in [1.82, 2.24) is 9.78 Å². The van der Waals surface area contributed by atoms with E-state index in [0.717, 1.165) is 21.4 Å². The van der Waals surface area contributed by atoms with Crippen molar-refractivity contribution in [2.75, 3.05) is 0 Å². The minimum absolute atomic E-state index is 0.0255. The van der Waals surface area contributed by atoms with E-state index in [1.54, 1.807) is 0 Å². The van der Waals surface area contributed by atoms with Crippen LogP contribution in [0.25, 0.3) is 5.69 Å². The van der Waals surface area contributed by atoms with Crippen molar-refractivity contribution >= 4 is 15.9 Å². The number of hydrogen-bond acceptors (Lipinski definition) is 2. The normalized spacial score (nSPS) is 11.2. The highest BCUT2D eigenvalue weighted by molar-refractivity contribution is 9.10. The molecule has 0 spiro atoms. The maximum atomic E-state index is 9.23. The molecule has 18 heavy (non-hydrogen) atoms. The highest BCUT2D eigenvalue weighted by Crippen LogP contribution is 2.24.